The van der Waals surface area contributed by atoms with E-state index in [9.17, 15) is 0 Å². The van der Waals surface area contributed by atoms with Gasteiger partial charge in [0.15, 0.2) is 0 Å². The van der Waals surface area contributed by atoms with Gasteiger partial charge in [-0.2, -0.15) is 0 Å². The zero-order valence-electron chi connectivity index (χ0n) is 10.7. The van der Waals surface area contributed by atoms with Crippen molar-refractivity contribution in [2.45, 2.75) is 6.54 Å². The lowest BCUT2D eigenvalue weighted by Crippen LogP contribution is -2.07. The SMILES string of the molecule is COc1ncnc(OC)c1CNc1ccccc1Cl. The van der Waals surface area contributed by atoms with E-state index in [1.54, 1.807) is 14.2 Å². The van der Waals surface area contributed by atoms with E-state index in [1.807, 2.05) is 24.3 Å². The molecule has 0 aliphatic carbocycles. The molecule has 0 fully saturated rings. The lowest BCUT2D eigenvalue weighted by molar-refractivity contribution is 0.363. The Bertz CT molecular complexity index is 541. The molecular formula is C13H14ClN3O2. The minimum atomic E-state index is 0.455. The molecule has 0 saturated heterocycles. The summed E-state index contributed by atoms with van der Waals surface area (Å²) in [6.07, 6.45) is 1.40. The van der Waals surface area contributed by atoms with E-state index in [2.05, 4.69) is 15.3 Å². The second-order valence-electron chi connectivity index (χ2n) is 3.70. The molecule has 0 radical (unpaired) electrons. The van der Waals surface area contributed by atoms with Crippen molar-refractivity contribution in [3.63, 3.8) is 0 Å². The van der Waals surface area contributed by atoms with Crippen LogP contribution >= 0.6 is 11.6 Å². The molecule has 1 aromatic heterocycles. The first-order chi connectivity index (χ1) is 9.26. The van der Waals surface area contributed by atoms with E-state index < -0.39 is 0 Å². The Morgan fingerprint density at radius 2 is 1.74 bits per heavy atom. The summed E-state index contributed by atoms with van der Waals surface area (Å²) < 4.78 is 10.4. The highest BCUT2D eigenvalue weighted by Crippen LogP contribution is 2.26. The van der Waals surface area contributed by atoms with Crippen LogP contribution in [-0.4, -0.2) is 24.2 Å². The van der Waals surface area contributed by atoms with Crippen LogP contribution < -0.4 is 14.8 Å². The van der Waals surface area contributed by atoms with Crippen LogP contribution in [0, 0.1) is 0 Å². The fraction of sp³-hybridized carbons (Fsp3) is 0.231. The number of aromatic nitrogens is 2. The standard InChI is InChI=1S/C13H14ClN3O2/c1-18-12-9(13(19-2)17-8-16-12)7-15-11-6-4-3-5-10(11)14/h3-6,8,15H,7H2,1-2H3. The molecule has 2 aromatic rings. The number of rotatable bonds is 5. The fourth-order valence-corrected chi connectivity index (χ4v) is 1.87. The first kappa shape index (κ1) is 13.4. The smallest absolute Gasteiger partial charge is 0.225 e. The highest BCUT2D eigenvalue weighted by atomic mass is 35.5. The van der Waals surface area contributed by atoms with Gasteiger partial charge in [0, 0.05) is 0 Å². The molecule has 0 spiro atoms. The number of benzene rings is 1. The molecule has 1 N–H and O–H groups in total. The van der Waals surface area contributed by atoms with E-state index in [0.29, 0.717) is 23.3 Å². The normalized spacial score (nSPS) is 10.1. The molecule has 0 atom stereocenters. The summed E-state index contributed by atoms with van der Waals surface area (Å²) in [5.74, 6) is 0.956. The maximum absolute atomic E-state index is 6.08. The van der Waals surface area contributed by atoms with Crippen LogP contribution in [0.1, 0.15) is 5.56 Å². The maximum Gasteiger partial charge on any atom is 0.225 e. The van der Waals surface area contributed by atoms with Gasteiger partial charge in [0.2, 0.25) is 11.8 Å². The van der Waals surface area contributed by atoms with E-state index in [-0.39, 0.29) is 0 Å². The Morgan fingerprint density at radius 3 is 2.32 bits per heavy atom. The molecule has 2 rings (SSSR count). The molecule has 0 aliphatic heterocycles. The minimum Gasteiger partial charge on any atom is -0.481 e. The summed E-state index contributed by atoms with van der Waals surface area (Å²) in [6.45, 7) is 0.455. The van der Waals surface area contributed by atoms with Crippen molar-refractivity contribution >= 4 is 17.3 Å². The molecule has 1 aromatic carbocycles. The van der Waals surface area contributed by atoms with Gasteiger partial charge in [-0.05, 0) is 12.1 Å². The minimum absolute atomic E-state index is 0.455. The lowest BCUT2D eigenvalue weighted by atomic mass is 10.2. The summed E-state index contributed by atoms with van der Waals surface area (Å²) in [6, 6.07) is 7.50. The van der Waals surface area contributed by atoms with Crippen molar-refractivity contribution < 1.29 is 9.47 Å². The predicted molar refractivity (Wildman–Crippen MR) is 73.9 cm³/mol. The molecule has 0 unspecified atom stereocenters. The Labute approximate surface area is 116 Å². The Kier molecular flexibility index (Phi) is 4.41. The molecule has 0 aliphatic rings. The molecule has 6 heteroatoms. The highest BCUT2D eigenvalue weighted by Gasteiger charge is 2.12. The molecule has 100 valence electrons. The first-order valence-corrected chi connectivity index (χ1v) is 6.04. The topological polar surface area (TPSA) is 56.3 Å². The van der Waals surface area contributed by atoms with Crippen LogP contribution in [0.3, 0.4) is 0 Å². The van der Waals surface area contributed by atoms with Crippen molar-refractivity contribution in [1.82, 2.24) is 9.97 Å². The third-order valence-electron chi connectivity index (χ3n) is 2.58. The Morgan fingerprint density at radius 1 is 1.11 bits per heavy atom. The van der Waals surface area contributed by atoms with E-state index in [1.165, 1.54) is 6.33 Å². The van der Waals surface area contributed by atoms with Crippen molar-refractivity contribution in [3.05, 3.63) is 41.2 Å². The fourth-order valence-electron chi connectivity index (χ4n) is 1.67. The molecule has 0 amide bonds. The molecule has 0 saturated carbocycles. The molecule has 19 heavy (non-hydrogen) atoms. The van der Waals surface area contributed by atoms with Crippen LogP contribution in [0.2, 0.25) is 5.02 Å². The van der Waals surface area contributed by atoms with Crippen LogP contribution in [0.25, 0.3) is 0 Å². The van der Waals surface area contributed by atoms with Gasteiger partial charge in [-0.25, -0.2) is 9.97 Å². The van der Waals surface area contributed by atoms with Crippen LogP contribution in [0.4, 0.5) is 5.69 Å². The number of methoxy groups -OCH3 is 2. The van der Waals surface area contributed by atoms with Gasteiger partial charge in [-0.1, -0.05) is 23.7 Å². The predicted octanol–water partition coefficient (Wildman–Crippen LogP) is 2.76. The summed E-state index contributed by atoms with van der Waals surface area (Å²) in [7, 11) is 3.11. The number of ether oxygens (including phenoxy) is 2. The van der Waals surface area contributed by atoms with Crippen molar-refractivity contribution in [2.75, 3.05) is 19.5 Å². The summed E-state index contributed by atoms with van der Waals surface area (Å²) >= 11 is 6.08. The monoisotopic (exact) mass is 279 g/mol. The second kappa shape index (κ2) is 6.24. The average molecular weight is 280 g/mol. The average Bonchev–Trinajstić information content (AvgIpc) is 2.46. The van der Waals surface area contributed by atoms with Crippen molar-refractivity contribution in [1.29, 1.82) is 0 Å². The van der Waals surface area contributed by atoms with Crippen LogP contribution in [-0.2, 0) is 6.54 Å². The van der Waals surface area contributed by atoms with E-state index in [0.717, 1.165) is 11.3 Å². The third-order valence-corrected chi connectivity index (χ3v) is 2.91. The number of nitrogens with zero attached hydrogens (tertiary/aromatic N) is 2. The molecule has 1 heterocycles. The van der Waals surface area contributed by atoms with E-state index in [4.69, 9.17) is 21.1 Å². The van der Waals surface area contributed by atoms with Crippen LogP contribution in [0.5, 0.6) is 11.8 Å². The molecular weight excluding hydrogens is 266 g/mol. The van der Waals surface area contributed by atoms with Crippen molar-refractivity contribution in [3.8, 4) is 11.8 Å². The molecule has 0 bridgehead atoms. The van der Waals surface area contributed by atoms with Gasteiger partial charge in [0.05, 0.1) is 37.0 Å². The van der Waals surface area contributed by atoms with Gasteiger partial charge in [-0.3, -0.25) is 0 Å². The largest absolute Gasteiger partial charge is 0.481 e. The van der Waals surface area contributed by atoms with Gasteiger partial charge >= 0.3 is 0 Å². The zero-order valence-corrected chi connectivity index (χ0v) is 11.4. The highest BCUT2D eigenvalue weighted by molar-refractivity contribution is 6.33. The quantitative estimate of drug-likeness (QED) is 0.912. The van der Waals surface area contributed by atoms with Crippen LogP contribution in [0.15, 0.2) is 30.6 Å². The van der Waals surface area contributed by atoms with Crippen molar-refractivity contribution in [2.24, 2.45) is 0 Å². The zero-order chi connectivity index (χ0) is 13.7. The number of para-hydroxylation sites is 1. The summed E-state index contributed by atoms with van der Waals surface area (Å²) in [5, 5.41) is 3.86. The maximum atomic E-state index is 6.08. The second-order valence-corrected chi connectivity index (χ2v) is 4.11. The number of anilines is 1. The van der Waals surface area contributed by atoms with Gasteiger partial charge in [-0.15, -0.1) is 0 Å². The summed E-state index contributed by atoms with van der Waals surface area (Å²) in [5.41, 5.74) is 1.57. The third kappa shape index (κ3) is 3.06. The van der Waals surface area contributed by atoms with Gasteiger partial charge < -0.3 is 14.8 Å². The summed E-state index contributed by atoms with van der Waals surface area (Å²) in [4.78, 5) is 8.11. The Balaban J connectivity index is 2.21. The number of hydrogen-bond donors (Lipinski definition) is 1. The van der Waals surface area contributed by atoms with Gasteiger partial charge in [0.1, 0.15) is 6.33 Å². The van der Waals surface area contributed by atoms with E-state index >= 15 is 0 Å². The Hall–Kier alpha value is -2.01. The van der Waals surface area contributed by atoms with Gasteiger partial charge in [0.25, 0.3) is 0 Å². The number of nitrogens with one attached hydrogen (secondary N) is 1. The molecule has 5 nitrogen and oxygen atoms in total. The first-order valence-electron chi connectivity index (χ1n) is 5.66. The number of hydrogen-bond acceptors (Lipinski definition) is 5. The number of halogens is 1. The lowest BCUT2D eigenvalue weighted by Gasteiger charge is -2.12.